The van der Waals surface area contributed by atoms with Gasteiger partial charge in [0.05, 0.1) is 5.56 Å². The maximum absolute atomic E-state index is 12.6. The van der Waals surface area contributed by atoms with Crippen LogP contribution in [-0.4, -0.2) is 34.4 Å². The van der Waals surface area contributed by atoms with Crippen LogP contribution in [0.15, 0.2) is 48.8 Å². The molecule has 1 saturated heterocycles. The van der Waals surface area contributed by atoms with Crippen molar-refractivity contribution in [2.24, 2.45) is 5.92 Å². The fourth-order valence-electron chi connectivity index (χ4n) is 3.48. The van der Waals surface area contributed by atoms with Gasteiger partial charge in [-0.25, -0.2) is 4.79 Å². The second-order valence-corrected chi connectivity index (χ2v) is 7.40. The van der Waals surface area contributed by atoms with Crippen molar-refractivity contribution in [3.05, 3.63) is 59.9 Å². The van der Waals surface area contributed by atoms with Gasteiger partial charge in [-0.05, 0) is 55.5 Å². The van der Waals surface area contributed by atoms with Crippen LogP contribution in [0.3, 0.4) is 0 Å². The molecule has 2 atom stereocenters. The van der Waals surface area contributed by atoms with Crippen LogP contribution in [-0.2, 0) is 6.54 Å². The first kappa shape index (κ1) is 19.9. The molecule has 1 aliphatic rings. The van der Waals surface area contributed by atoms with Gasteiger partial charge >= 0.3 is 6.03 Å². The number of anilines is 1. The predicted molar refractivity (Wildman–Crippen MR) is 110 cm³/mol. The monoisotopic (exact) mass is 380 g/mol. The number of aromatic nitrogens is 1. The number of piperidine rings is 1. The number of carbonyl (C=O) groups is 2. The quantitative estimate of drug-likeness (QED) is 0.822. The van der Waals surface area contributed by atoms with E-state index in [0.717, 1.165) is 24.9 Å². The maximum atomic E-state index is 12.6. The molecule has 0 spiro atoms. The molecule has 3 amide bonds. The highest BCUT2D eigenvalue weighted by Gasteiger charge is 2.27. The second-order valence-electron chi connectivity index (χ2n) is 7.40. The highest BCUT2D eigenvalue weighted by atomic mass is 16.2. The van der Waals surface area contributed by atoms with E-state index >= 15 is 0 Å². The summed E-state index contributed by atoms with van der Waals surface area (Å²) in [5.74, 6) is 0.406. The number of hydrogen-bond acceptors (Lipinski definition) is 3. The van der Waals surface area contributed by atoms with Crippen molar-refractivity contribution in [1.29, 1.82) is 0 Å². The van der Waals surface area contributed by atoms with Crippen LogP contribution >= 0.6 is 0 Å². The molecule has 6 nitrogen and oxygen atoms in total. The van der Waals surface area contributed by atoms with Gasteiger partial charge < -0.3 is 15.5 Å². The Bertz CT molecular complexity index is 792. The minimum absolute atomic E-state index is 0.000364. The summed E-state index contributed by atoms with van der Waals surface area (Å²) < 4.78 is 0. The Hall–Kier alpha value is -2.89. The molecule has 0 bridgehead atoms. The van der Waals surface area contributed by atoms with Gasteiger partial charge in [-0.3, -0.25) is 9.78 Å². The Kier molecular flexibility index (Phi) is 6.63. The number of urea groups is 1. The first-order chi connectivity index (χ1) is 13.6. The average molecular weight is 380 g/mol. The molecule has 0 unspecified atom stereocenters. The summed E-state index contributed by atoms with van der Waals surface area (Å²) in [7, 11) is 0. The Balaban J connectivity index is 1.51. The first-order valence-corrected chi connectivity index (χ1v) is 9.91. The lowest BCUT2D eigenvalue weighted by molar-refractivity contribution is 0.102. The second kappa shape index (κ2) is 9.35. The molecule has 2 heterocycles. The number of amides is 3. The summed E-state index contributed by atoms with van der Waals surface area (Å²) in [6.07, 6.45) is 6.55. The molecule has 2 N–H and O–H groups in total. The molecule has 6 heteroatoms. The van der Waals surface area contributed by atoms with Crippen molar-refractivity contribution in [3.63, 3.8) is 0 Å². The third-order valence-electron chi connectivity index (χ3n) is 5.40. The maximum Gasteiger partial charge on any atom is 0.317 e. The van der Waals surface area contributed by atoms with Crippen molar-refractivity contribution in [2.45, 2.75) is 45.7 Å². The third kappa shape index (κ3) is 5.09. The van der Waals surface area contributed by atoms with Crippen LogP contribution in [0.2, 0.25) is 0 Å². The van der Waals surface area contributed by atoms with Crippen LogP contribution in [0.5, 0.6) is 0 Å². The molecule has 28 heavy (non-hydrogen) atoms. The summed E-state index contributed by atoms with van der Waals surface area (Å²) in [6, 6.07) is 11.2. The summed E-state index contributed by atoms with van der Waals surface area (Å²) in [5, 5.41) is 5.87. The summed E-state index contributed by atoms with van der Waals surface area (Å²) in [4.78, 5) is 30.6. The fourth-order valence-corrected chi connectivity index (χ4v) is 3.48. The molecule has 1 aliphatic heterocycles. The lowest BCUT2D eigenvalue weighted by Crippen LogP contribution is -2.49. The molecule has 148 valence electrons. The molecule has 1 fully saturated rings. The van der Waals surface area contributed by atoms with Gasteiger partial charge in [-0.2, -0.15) is 0 Å². The standard InChI is InChI=1S/C22H28N4O2/c1-3-17-7-6-16(2)26(15-17)22(28)24-13-18-8-10-20(11-9-18)25-21(27)19-5-4-12-23-14-19/h4-5,8-12,14,16-17H,3,6-7,13,15H2,1-2H3,(H,24,28)(H,25,27)/t16-,17-/m1/s1. The topological polar surface area (TPSA) is 74.3 Å². The number of likely N-dealkylation sites (tertiary alicyclic amines) is 1. The van der Waals surface area contributed by atoms with E-state index in [2.05, 4.69) is 29.5 Å². The van der Waals surface area contributed by atoms with Crippen molar-refractivity contribution in [2.75, 3.05) is 11.9 Å². The van der Waals surface area contributed by atoms with Gasteiger partial charge in [0.15, 0.2) is 0 Å². The number of carbonyl (C=O) groups excluding carboxylic acids is 2. The van der Waals surface area contributed by atoms with E-state index in [1.54, 1.807) is 18.3 Å². The van der Waals surface area contributed by atoms with Gasteiger partial charge in [0.1, 0.15) is 0 Å². The van der Waals surface area contributed by atoms with Crippen LogP contribution in [0.4, 0.5) is 10.5 Å². The van der Waals surface area contributed by atoms with E-state index < -0.39 is 0 Å². The lowest BCUT2D eigenvalue weighted by Gasteiger charge is -2.37. The summed E-state index contributed by atoms with van der Waals surface area (Å²) in [5.41, 5.74) is 2.21. The van der Waals surface area contributed by atoms with E-state index in [1.807, 2.05) is 29.2 Å². The fraction of sp³-hybridized carbons (Fsp3) is 0.409. The van der Waals surface area contributed by atoms with Crippen LogP contribution in [0.25, 0.3) is 0 Å². The molecule has 1 aromatic heterocycles. The van der Waals surface area contributed by atoms with E-state index in [9.17, 15) is 9.59 Å². The van der Waals surface area contributed by atoms with Crippen LogP contribution in [0, 0.1) is 5.92 Å². The Morgan fingerprint density at radius 1 is 1.18 bits per heavy atom. The largest absolute Gasteiger partial charge is 0.334 e. The highest BCUT2D eigenvalue weighted by molar-refractivity contribution is 6.03. The van der Waals surface area contributed by atoms with Crippen molar-refractivity contribution < 1.29 is 9.59 Å². The lowest BCUT2D eigenvalue weighted by atomic mass is 9.92. The zero-order chi connectivity index (χ0) is 19.9. The predicted octanol–water partition coefficient (Wildman–Crippen LogP) is 4.05. The molecular formula is C22H28N4O2. The minimum Gasteiger partial charge on any atom is -0.334 e. The number of rotatable bonds is 5. The highest BCUT2D eigenvalue weighted by Crippen LogP contribution is 2.24. The Morgan fingerprint density at radius 3 is 2.64 bits per heavy atom. The SMILES string of the molecule is CC[C@@H]1CC[C@@H](C)N(C(=O)NCc2ccc(NC(=O)c3cccnc3)cc2)C1. The number of nitrogens with zero attached hydrogens (tertiary/aromatic N) is 2. The molecule has 2 aromatic rings. The van der Waals surface area contributed by atoms with E-state index in [-0.39, 0.29) is 18.0 Å². The normalized spacial score (nSPS) is 19.1. The first-order valence-electron chi connectivity index (χ1n) is 9.91. The third-order valence-corrected chi connectivity index (χ3v) is 5.40. The summed E-state index contributed by atoms with van der Waals surface area (Å²) in [6.45, 7) is 5.61. The van der Waals surface area contributed by atoms with Gasteiger partial charge in [0, 0.05) is 37.2 Å². The number of pyridine rings is 1. The van der Waals surface area contributed by atoms with E-state index in [0.29, 0.717) is 23.7 Å². The van der Waals surface area contributed by atoms with Gasteiger partial charge in [0.25, 0.3) is 5.91 Å². The number of benzene rings is 1. The molecule has 0 radical (unpaired) electrons. The Morgan fingerprint density at radius 2 is 1.96 bits per heavy atom. The number of nitrogens with one attached hydrogen (secondary N) is 2. The van der Waals surface area contributed by atoms with E-state index in [1.165, 1.54) is 12.6 Å². The van der Waals surface area contributed by atoms with Gasteiger partial charge in [0.2, 0.25) is 0 Å². The van der Waals surface area contributed by atoms with Crippen LogP contribution in [0.1, 0.15) is 49.0 Å². The molecular weight excluding hydrogens is 352 g/mol. The molecule has 0 saturated carbocycles. The zero-order valence-electron chi connectivity index (χ0n) is 16.5. The molecule has 1 aromatic carbocycles. The van der Waals surface area contributed by atoms with Gasteiger partial charge in [-0.15, -0.1) is 0 Å². The molecule has 3 rings (SSSR count). The van der Waals surface area contributed by atoms with Crippen molar-refractivity contribution in [1.82, 2.24) is 15.2 Å². The summed E-state index contributed by atoms with van der Waals surface area (Å²) >= 11 is 0. The minimum atomic E-state index is -0.196. The number of hydrogen-bond donors (Lipinski definition) is 2. The van der Waals surface area contributed by atoms with Gasteiger partial charge in [-0.1, -0.05) is 25.5 Å². The van der Waals surface area contributed by atoms with Crippen LogP contribution < -0.4 is 10.6 Å². The molecule has 0 aliphatic carbocycles. The smallest absolute Gasteiger partial charge is 0.317 e. The van der Waals surface area contributed by atoms with E-state index in [4.69, 9.17) is 0 Å². The average Bonchev–Trinajstić information content (AvgIpc) is 2.74. The van der Waals surface area contributed by atoms with Crippen molar-refractivity contribution in [3.8, 4) is 0 Å². The Labute approximate surface area is 166 Å². The zero-order valence-corrected chi connectivity index (χ0v) is 16.5. The van der Waals surface area contributed by atoms with Crippen molar-refractivity contribution >= 4 is 17.6 Å².